The molecule has 2 fully saturated rings. The molecule has 2 heterocycles. The third kappa shape index (κ3) is 2.35. The molecule has 0 aliphatic carbocycles. The normalized spacial score (nSPS) is 27.6. The quantitative estimate of drug-likeness (QED) is 0.885. The van der Waals surface area contributed by atoms with Crippen LogP contribution in [0.5, 0.6) is 0 Å². The van der Waals surface area contributed by atoms with Crippen LogP contribution >= 0.6 is 0 Å². The van der Waals surface area contributed by atoms with Crippen LogP contribution < -0.4 is 10.6 Å². The van der Waals surface area contributed by atoms with Crippen molar-refractivity contribution in [1.29, 1.82) is 0 Å². The van der Waals surface area contributed by atoms with Gasteiger partial charge in [0.25, 0.3) is 0 Å². The predicted octanol–water partition coefficient (Wildman–Crippen LogP) is 1.96. The first-order valence-electron chi connectivity index (χ1n) is 7.14. The Morgan fingerprint density at radius 1 is 1.26 bits per heavy atom. The van der Waals surface area contributed by atoms with E-state index in [0.29, 0.717) is 17.6 Å². The number of likely N-dealkylation sites (N-methyl/N-ethyl adjacent to an activating group) is 1. The van der Waals surface area contributed by atoms with E-state index in [1.54, 1.807) is 6.07 Å². The second-order valence-electron chi connectivity index (χ2n) is 5.76. The molecule has 2 saturated heterocycles. The van der Waals surface area contributed by atoms with Crippen LogP contribution in [0, 0.1) is 5.82 Å². The SMILES string of the molecule is CN1C2CCC1CN(c1ccc(CN)c(F)c1)CC2. The van der Waals surface area contributed by atoms with Crippen LogP contribution in [0.3, 0.4) is 0 Å². The van der Waals surface area contributed by atoms with Gasteiger partial charge in [0.2, 0.25) is 0 Å². The van der Waals surface area contributed by atoms with Crippen LogP contribution in [0.2, 0.25) is 0 Å². The van der Waals surface area contributed by atoms with E-state index in [0.717, 1.165) is 18.8 Å². The Bertz CT molecular complexity index is 463. The minimum Gasteiger partial charge on any atom is -0.370 e. The molecular formula is C15H22FN3. The number of hydrogen-bond acceptors (Lipinski definition) is 3. The summed E-state index contributed by atoms with van der Waals surface area (Å²) in [6, 6.07) is 6.79. The second-order valence-corrected chi connectivity index (χ2v) is 5.76. The number of rotatable bonds is 2. The van der Waals surface area contributed by atoms with Crippen LogP contribution in [0.15, 0.2) is 18.2 Å². The maximum absolute atomic E-state index is 13.9. The number of anilines is 1. The van der Waals surface area contributed by atoms with Gasteiger partial charge in [0.1, 0.15) is 5.82 Å². The van der Waals surface area contributed by atoms with E-state index in [4.69, 9.17) is 5.73 Å². The fourth-order valence-electron chi connectivity index (χ4n) is 3.44. The summed E-state index contributed by atoms with van der Waals surface area (Å²) in [4.78, 5) is 4.83. The van der Waals surface area contributed by atoms with Gasteiger partial charge >= 0.3 is 0 Å². The molecule has 2 atom stereocenters. The number of fused-ring (bicyclic) bond motifs is 2. The maximum Gasteiger partial charge on any atom is 0.129 e. The van der Waals surface area contributed by atoms with Crippen molar-refractivity contribution in [2.45, 2.75) is 37.9 Å². The minimum atomic E-state index is -0.178. The van der Waals surface area contributed by atoms with E-state index in [1.807, 2.05) is 12.1 Å². The highest BCUT2D eigenvalue weighted by Crippen LogP contribution is 2.31. The summed E-state index contributed by atoms with van der Waals surface area (Å²) in [5.41, 5.74) is 7.10. The zero-order valence-electron chi connectivity index (χ0n) is 11.5. The standard InChI is InChI=1S/C15H22FN3/c1-18-12-4-5-14(18)10-19(7-6-12)13-3-2-11(9-17)15(16)8-13/h2-3,8,12,14H,4-7,9-10,17H2,1H3. The van der Waals surface area contributed by atoms with Gasteiger partial charge in [-0.1, -0.05) is 6.07 Å². The molecule has 2 unspecified atom stereocenters. The number of halogens is 1. The van der Waals surface area contributed by atoms with Crippen LogP contribution in [0.1, 0.15) is 24.8 Å². The van der Waals surface area contributed by atoms with E-state index in [-0.39, 0.29) is 12.4 Å². The fourth-order valence-corrected chi connectivity index (χ4v) is 3.44. The van der Waals surface area contributed by atoms with Crippen molar-refractivity contribution in [3.05, 3.63) is 29.6 Å². The number of nitrogens with two attached hydrogens (primary N) is 1. The lowest BCUT2D eigenvalue weighted by molar-refractivity contribution is 0.254. The average Bonchev–Trinajstić information content (AvgIpc) is 2.63. The summed E-state index contributed by atoms with van der Waals surface area (Å²) in [5, 5.41) is 0. The Morgan fingerprint density at radius 2 is 2.05 bits per heavy atom. The number of nitrogens with zero attached hydrogens (tertiary/aromatic N) is 2. The van der Waals surface area contributed by atoms with Crippen LogP contribution in [0.4, 0.5) is 10.1 Å². The van der Waals surface area contributed by atoms with Gasteiger partial charge < -0.3 is 10.6 Å². The van der Waals surface area contributed by atoms with E-state index in [1.165, 1.54) is 19.3 Å². The molecule has 1 aromatic carbocycles. The molecule has 104 valence electrons. The molecule has 3 nitrogen and oxygen atoms in total. The molecule has 3 rings (SSSR count). The van der Waals surface area contributed by atoms with E-state index < -0.39 is 0 Å². The van der Waals surface area contributed by atoms with E-state index >= 15 is 0 Å². The lowest BCUT2D eigenvalue weighted by atomic mass is 10.1. The fraction of sp³-hybridized carbons (Fsp3) is 0.600. The van der Waals surface area contributed by atoms with Crippen LogP contribution in [-0.4, -0.2) is 37.1 Å². The molecule has 0 saturated carbocycles. The van der Waals surface area contributed by atoms with Gasteiger partial charge in [0.15, 0.2) is 0 Å². The molecule has 4 heteroatoms. The summed E-state index contributed by atoms with van der Waals surface area (Å²) in [6.45, 7) is 2.29. The van der Waals surface area contributed by atoms with Gasteiger partial charge in [-0.15, -0.1) is 0 Å². The minimum absolute atomic E-state index is 0.178. The largest absolute Gasteiger partial charge is 0.370 e. The second kappa shape index (κ2) is 5.10. The van der Waals surface area contributed by atoms with Crippen molar-refractivity contribution in [3.8, 4) is 0 Å². The molecule has 1 aromatic rings. The Hall–Kier alpha value is -1.13. The molecule has 2 bridgehead atoms. The summed E-state index contributed by atoms with van der Waals surface area (Å²) in [5.74, 6) is -0.178. The molecule has 0 amide bonds. The zero-order valence-corrected chi connectivity index (χ0v) is 11.5. The summed E-state index contributed by atoms with van der Waals surface area (Å²) >= 11 is 0. The first kappa shape index (κ1) is 12.9. The Labute approximate surface area is 114 Å². The number of benzene rings is 1. The molecule has 0 spiro atoms. The first-order valence-corrected chi connectivity index (χ1v) is 7.14. The Morgan fingerprint density at radius 3 is 2.79 bits per heavy atom. The van der Waals surface area contributed by atoms with Gasteiger partial charge in [-0.2, -0.15) is 0 Å². The zero-order chi connectivity index (χ0) is 13.4. The highest BCUT2D eigenvalue weighted by Gasteiger charge is 2.34. The van der Waals surface area contributed by atoms with Gasteiger partial charge in [-0.05, 0) is 38.4 Å². The molecular weight excluding hydrogens is 241 g/mol. The van der Waals surface area contributed by atoms with Gasteiger partial charge in [-0.25, -0.2) is 4.39 Å². The van der Waals surface area contributed by atoms with Crippen LogP contribution in [0.25, 0.3) is 0 Å². The highest BCUT2D eigenvalue weighted by molar-refractivity contribution is 5.49. The number of hydrogen-bond donors (Lipinski definition) is 1. The monoisotopic (exact) mass is 263 g/mol. The van der Waals surface area contributed by atoms with Crippen molar-refractivity contribution in [2.75, 3.05) is 25.0 Å². The van der Waals surface area contributed by atoms with E-state index in [9.17, 15) is 4.39 Å². The molecule has 2 aliphatic rings. The third-order valence-electron chi connectivity index (χ3n) is 4.77. The van der Waals surface area contributed by atoms with Gasteiger partial charge in [0, 0.05) is 43.0 Å². The average molecular weight is 263 g/mol. The topological polar surface area (TPSA) is 32.5 Å². The Balaban J connectivity index is 1.81. The smallest absolute Gasteiger partial charge is 0.129 e. The Kier molecular flexibility index (Phi) is 3.46. The lowest BCUT2D eigenvalue weighted by Gasteiger charge is -2.27. The molecule has 2 N–H and O–H groups in total. The molecule has 0 radical (unpaired) electrons. The van der Waals surface area contributed by atoms with Crippen molar-refractivity contribution in [1.82, 2.24) is 4.90 Å². The predicted molar refractivity (Wildman–Crippen MR) is 75.7 cm³/mol. The highest BCUT2D eigenvalue weighted by atomic mass is 19.1. The molecule has 19 heavy (non-hydrogen) atoms. The summed E-state index contributed by atoms with van der Waals surface area (Å²) in [6.07, 6.45) is 3.75. The third-order valence-corrected chi connectivity index (χ3v) is 4.77. The molecule has 0 aromatic heterocycles. The van der Waals surface area contributed by atoms with Crippen molar-refractivity contribution >= 4 is 5.69 Å². The maximum atomic E-state index is 13.9. The van der Waals surface area contributed by atoms with Crippen molar-refractivity contribution < 1.29 is 4.39 Å². The van der Waals surface area contributed by atoms with Crippen molar-refractivity contribution in [2.24, 2.45) is 5.73 Å². The first-order chi connectivity index (χ1) is 9.19. The van der Waals surface area contributed by atoms with Gasteiger partial charge in [-0.3, -0.25) is 4.90 Å². The van der Waals surface area contributed by atoms with E-state index in [2.05, 4.69) is 16.8 Å². The molecule has 2 aliphatic heterocycles. The van der Waals surface area contributed by atoms with Gasteiger partial charge in [0.05, 0.1) is 0 Å². The summed E-state index contributed by atoms with van der Waals surface area (Å²) in [7, 11) is 2.23. The van der Waals surface area contributed by atoms with Crippen LogP contribution in [-0.2, 0) is 6.54 Å². The van der Waals surface area contributed by atoms with Crippen molar-refractivity contribution in [3.63, 3.8) is 0 Å². The lowest BCUT2D eigenvalue weighted by Crippen LogP contribution is -2.36. The summed E-state index contributed by atoms with van der Waals surface area (Å²) < 4.78 is 13.9.